The number of phenolic OH excluding ortho intramolecular Hbond substituents is 1. The third-order valence-electron chi connectivity index (χ3n) is 6.29. The summed E-state index contributed by atoms with van der Waals surface area (Å²) in [5.74, 6) is -0.133. The molecule has 184 valence electrons. The Morgan fingerprint density at radius 3 is 2.49 bits per heavy atom. The van der Waals surface area contributed by atoms with Crippen LogP contribution in [0.2, 0.25) is 5.02 Å². The number of pyridine rings is 1. The Balaban J connectivity index is 1.40. The van der Waals surface area contributed by atoms with E-state index in [1.54, 1.807) is 24.5 Å². The molecule has 1 saturated carbocycles. The van der Waals surface area contributed by atoms with Gasteiger partial charge in [0, 0.05) is 18.8 Å². The molecule has 4 rings (SSSR count). The third-order valence-corrected chi connectivity index (χ3v) is 6.62. The lowest BCUT2D eigenvalue weighted by molar-refractivity contribution is -0.137. The molecule has 3 aromatic rings. The Morgan fingerprint density at radius 2 is 1.83 bits per heavy atom. The zero-order valence-corrected chi connectivity index (χ0v) is 19.6. The summed E-state index contributed by atoms with van der Waals surface area (Å²) in [6, 6.07) is 13.5. The Kier molecular flexibility index (Phi) is 7.50. The highest BCUT2D eigenvalue weighted by atomic mass is 35.5. The number of hydrogen-bond acceptors (Lipinski definition) is 4. The molecule has 0 saturated heterocycles. The van der Waals surface area contributed by atoms with Crippen molar-refractivity contribution in [2.75, 3.05) is 11.4 Å². The van der Waals surface area contributed by atoms with E-state index in [1.807, 2.05) is 29.2 Å². The largest absolute Gasteiger partial charge is 0.506 e. The van der Waals surface area contributed by atoms with Crippen molar-refractivity contribution in [3.8, 4) is 5.75 Å². The fourth-order valence-electron chi connectivity index (χ4n) is 4.43. The van der Waals surface area contributed by atoms with Gasteiger partial charge in [-0.3, -0.25) is 9.78 Å². The van der Waals surface area contributed by atoms with Gasteiger partial charge in [0.05, 0.1) is 33.7 Å². The second-order valence-electron chi connectivity index (χ2n) is 8.69. The quantitative estimate of drug-likeness (QED) is 0.398. The Morgan fingerprint density at radius 1 is 1.09 bits per heavy atom. The van der Waals surface area contributed by atoms with Crippen molar-refractivity contribution in [1.29, 1.82) is 0 Å². The monoisotopic (exact) mass is 503 g/mol. The summed E-state index contributed by atoms with van der Waals surface area (Å²) >= 11 is 6.01. The molecule has 0 bridgehead atoms. The minimum Gasteiger partial charge on any atom is -0.506 e. The number of carbonyl (C=O) groups is 1. The topological polar surface area (TPSA) is 65.5 Å². The van der Waals surface area contributed by atoms with E-state index in [2.05, 4.69) is 10.3 Å². The molecular formula is C26H25ClF3N3O2. The first kappa shape index (κ1) is 24.9. The number of carbonyl (C=O) groups excluding carboxylic acids is 1. The zero-order valence-electron chi connectivity index (χ0n) is 18.8. The van der Waals surface area contributed by atoms with Crippen LogP contribution in [-0.2, 0) is 6.18 Å². The molecule has 0 aliphatic heterocycles. The van der Waals surface area contributed by atoms with Crippen LogP contribution in [0, 0.1) is 5.92 Å². The lowest BCUT2D eigenvalue weighted by Gasteiger charge is -2.34. The SMILES string of the molecule is O=C(NC1CCC(CN(c2cccnc2)c2ccccc2O)CC1)c1cc(C(F)(F)F)ccc1Cl. The van der Waals surface area contributed by atoms with E-state index in [0.717, 1.165) is 36.7 Å². The molecule has 0 atom stereocenters. The van der Waals surface area contributed by atoms with E-state index in [0.29, 0.717) is 31.0 Å². The van der Waals surface area contributed by atoms with Crippen LogP contribution in [0.15, 0.2) is 67.0 Å². The minimum atomic E-state index is -4.55. The average Bonchev–Trinajstić information content (AvgIpc) is 2.84. The van der Waals surface area contributed by atoms with Crippen LogP contribution in [-0.4, -0.2) is 28.6 Å². The second-order valence-corrected chi connectivity index (χ2v) is 9.10. The third kappa shape index (κ3) is 6.06. The summed E-state index contributed by atoms with van der Waals surface area (Å²) in [6.07, 6.45) is 1.89. The van der Waals surface area contributed by atoms with E-state index in [1.165, 1.54) is 0 Å². The number of aromatic hydroxyl groups is 1. The van der Waals surface area contributed by atoms with Crippen molar-refractivity contribution < 1.29 is 23.1 Å². The normalized spacial score (nSPS) is 18.2. The Hall–Kier alpha value is -3.26. The van der Waals surface area contributed by atoms with Crippen LogP contribution >= 0.6 is 11.6 Å². The zero-order chi connectivity index (χ0) is 25.0. The van der Waals surface area contributed by atoms with E-state index < -0.39 is 17.6 Å². The van der Waals surface area contributed by atoms with Crippen LogP contribution in [0.25, 0.3) is 0 Å². The molecule has 1 amide bonds. The highest BCUT2D eigenvalue weighted by molar-refractivity contribution is 6.33. The van der Waals surface area contributed by atoms with Gasteiger partial charge < -0.3 is 15.3 Å². The van der Waals surface area contributed by atoms with Crippen molar-refractivity contribution in [3.05, 3.63) is 83.1 Å². The smallest absolute Gasteiger partial charge is 0.416 e. The van der Waals surface area contributed by atoms with Gasteiger partial charge in [-0.05, 0) is 74.1 Å². The number of alkyl halides is 3. The molecule has 1 aromatic heterocycles. The van der Waals surface area contributed by atoms with Crippen molar-refractivity contribution in [1.82, 2.24) is 10.3 Å². The van der Waals surface area contributed by atoms with E-state index in [-0.39, 0.29) is 22.4 Å². The van der Waals surface area contributed by atoms with Gasteiger partial charge in [-0.15, -0.1) is 0 Å². The molecule has 1 aliphatic rings. The molecule has 5 nitrogen and oxygen atoms in total. The summed E-state index contributed by atoms with van der Waals surface area (Å²) in [5.41, 5.74) is 0.472. The number of benzene rings is 2. The summed E-state index contributed by atoms with van der Waals surface area (Å²) in [5, 5.41) is 13.3. The van der Waals surface area contributed by atoms with Gasteiger partial charge in [0.25, 0.3) is 5.91 Å². The molecule has 9 heteroatoms. The Labute approximate surface area is 206 Å². The van der Waals surface area contributed by atoms with Gasteiger partial charge in [-0.1, -0.05) is 23.7 Å². The summed E-state index contributed by atoms with van der Waals surface area (Å²) in [6.45, 7) is 0.656. The number of hydrogen-bond donors (Lipinski definition) is 2. The first-order valence-corrected chi connectivity index (χ1v) is 11.7. The van der Waals surface area contributed by atoms with Gasteiger partial charge >= 0.3 is 6.18 Å². The molecule has 0 radical (unpaired) electrons. The van der Waals surface area contributed by atoms with Crippen LogP contribution in [0.3, 0.4) is 0 Å². The van der Waals surface area contributed by atoms with E-state index >= 15 is 0 Å². The average molecular weight is 504 g/mol. The number of halogens is 4. The molecular weight excluding hydrogens is 479 g/mol. The fourth-order valence-corrected chi connectivity index (χ4v) is 4.64. The van der Waals surface area contributed by atoms with Gasteiger partial charge in [0.15, 0.2) is 0 Å². The molecule has 1 fully saturated rings. The maximum Gasteiger partial charge on any atom is 0.416 e. The number of aromatic nitrogens is 1. The number of para-hydroxylation sites is 2. The fraction of sp³-hybridized carbons (Fsp3) is 0.308. The second kappa shape index (κ2) is 10.6. The van der Waals surface area contributed by atoms with Gasteiger partial charge in [0.2, 0.25) is 0 Å². The minimum absolute atomic E-state index is 0.0148. The van der Waals surface area contributed by atoms with Gasteiger partial charge in [-0.2, -0.15) is 13.2 Å². The maximum absolute atomic E-state index is 13.0. The summed E-state index contributed by atoms with van der Waals surface area (Å²) < 4.78 is 39.1. The predicted molar refractivity (Wildman–Crippen MR) is 129 cm³/mol. The van der Waals surface area contributed by atoms with E-state index in [9.17, 15) is 23.1 Å². The standard InChI is InChI=1S/C26H25ClF3N3O2/c27-22-12-9-18(26(28,29)30)14-21(22)25(35)32-19-10-7-17(8-11-19)16-33(20-4-3-13-31-15-20)23-5-1-2-6-24(23)34/h1-6,9,12-15,17,19,34H,7-8,10-11,16H2,(H,32,35). The number of nitrogens with zero attached hydrogens (tertiary/aromatic N) is 2. The molecule has 0 unspecified atom stereocenters. The van der Waals surface area contributed by atoms with Crippen molar-refractivity contribution in [3.63, 3.8) is 0 Å². The van der Waals surface area contributed by atoms with Crippen molar-refractivity contribution in [2.24, 2.45) is 5.92 Å². The Bertz CT molecular complexity index is 1170. The highest BCUT2D eigenvalue weighted by Gasteiger charge is 2.32. The summed E-state index contributed by atoms with van der Waals surface area (Å²) in [7, 11) is 0. The maximum atomic E-state index is 13.0. The molecule has 2 aromatic carbocycles. The van der Waals surface area contributed by atoms with Crippen molar-refractivity contribution >= 4 is 28.9 Å². The van der Waals surface area contributed by atoms with Crippen LogP contribution < -0.4 is 10.2 Å². The van der Waals surface area contributed by atoms with E-state index in [4.69, 9.17) is 11.6 Å². The van der Waals surface area contributed by atoms with Crippen LogP contribution in [0.1, 0.15) is 41.6 Å². The first-order valence-electron chi connectivity index (χ1n) is 11.4. The number of amides is 1. The van der Waals surface area contributed by atoms with Crippen LogP contribution in [0.4, 0.5) is 24.5 Å². The molecule has 2 N–H and O–H groups in total. The molecule has 35 heavy (non-hydrogen) atoms. The number of phenols is 1. The molecule has 1 heterocycles. The van der Waals surface area contributed by atoms with Gasteiger partial charge in [0.1, 0.15) is 5.75 Å². The lowest BCUT2D eigenvalue weighted by Crippen LogP contribution is -2.39. The molecule has 0 spiro atoms. The number of anilines is 2. The molecule has 1 aliphatic carbocycles. The summed E-state index contributed by atoms with van der Waals surface area (Å²) in [4.78, 5) is 18.9. The lowest BCUT2D eigenvalue weighted by atomic mass is 9.85. The number of nitrogens with one attached hydrogen (secondary N) is 1. The number of rotatable bonds is 6. The van der Waals surface area contributed by atoms with Crippen molar-refractivity contribution in [2.45, 2.75) is 37.9 Å². The predicted octanol–water partition coefficient (Wildman–Crippen LogP) is 6.59. The van der Waals surface area contributed by atoms with Gasteiger partial charge in [-0.25, -0.2) is 0 Å². The first-order chi connectivity index (χ1) is 16.7. The highest BCUT2D eigenvalue weighted by Crippen LogP contribution is 2.36. The van der Waals surface area contributed by atoms with Crippen LogP contribution in [0.5, 0.6) is 5.75 Å².